The molecular formula is C18H35NO. The van der Waals surface area contributed by atoms with Crippen LogP contribution in [0.15, 0.2) is 0 Å². The van der Waals surface area contributed by atoms with Crippen molar-refractivity contribution in [3.63, 3.8) is 0 Å². The van der Waals surface area contributed by atoms with Crippen LogP contribution in [0.2, 0.25) is 0 Å². The summed E-state index contributed by atoms with van der Waals surface area (Å²) >= 11 is 0. The maximum absolute atomic E-state index is 6.41. The topological polar surface area (TPSA) is 21.3 Å². The monoisotopic (exact) mass is 281 g/mol. The van der Waals surface area contributed by atoms with Crippen LogP contribution in [-0.4, -0.2) is 24.3 Å². The molecule has 1 saturated carbocycles. The Hall–Kier alpha value is -0.0800. The molecule has 1 aliphatic heterocycles. The molecule has 0 bridgehead atoms. The van der Waals surface area contributed by atoms with Crippen molar-refractivity contribution in [2.45, 2.75) is 109 Å². The van der Waals surface area contributed by atoms with E-state index in [1.807, 2.05) is 0 Å². The highest BCUT2D eigenvalue weighted by atomic mass is 16.5. The minimum Gasteiger partial charge on any atom is -0.372 e. The fraction of sp³-hybridized carbons (Fsp3) is 1.00. The normalized spacial score (nSPS) is 26.4. The first-order valence-electron chi connectivity index (χ1n) is 9.19. The van der Waals surface area contributed by atoms with Gasteiger partial charge in [0.25, 0.3) is 0 Å². The first-order chi connectivity index (χ1) is 9.78. The third kappa shape index (κ3) is 4.73. The smallest absolute Gasteiger partial charge is 0.0687 e. The number of hydrogen-bond donors (Lipinski definition) is 1. The van der Waals surface area contributed by atoms with Gasteiger partial charge >= 0.3 is 0 Å². The van der Waals surface area contributed by atoms with Crippen LogP contribution < -0.4 is 5.32 Å². The third-order valence-electron chi connectivity index (χ3n) is 5.25. The average Bonchev–Trinajstić information content (AvgIpc) is 3.07. The van der Waals surface area contributed by atoms with Gasteiger partial charge in [-0.1, -0.05) is 33.1 Å². The van der Waals surface area contributed by atoms with E-state index >= 15 is 0 Å². The second-order valence-corrected chi connectivity index (χ2v) is 7.04. The molecule has 1 spiro atoms. The number of hydrogen-bond acceptors (Lipinski definition) is 2. The van der Waals surface area contributed by atoms with Crippen molar-refractivity contribution in [3.05, 3.63) is 0 Å². The lowest BCUT2D eigenvalue weighted by atomic mass is 9.97. The van der Waals surface area contributed by atoms with E-state index in [0.29, 0.717) is 11.7 Å². The van der Waals surface area contributed by atoms with Crippen LogP contribution in [0.5, 0.6) is 0 Å². The first-order valence-corrected chi connectivity index (χ1v) is 9.19. The molecule has 0 aromatic rings. The van der Waals surface area contributed by atoms with Gasteiger partial charge in [0, 0.05) is 6.04 Å². The average molecular weight is 281 g/mol. The molecule has 2 heteroatoms. The van der Waals surface area contributed by atoms with Crippen LogP contribution in [-0.2, 0) is 4.74 Å². The highest BCUT2D eigenvalue weighted by molar-refractivity contribution is 4.92. The molecule has 1 heterocycles. The zero-order valence-electron chi connectivity index (χ0n) is 13.8. The summed E-state index contributed by atoms with van der Waals surface area (Å²) in [5, 5.41) is 3.70. The van der Waals surface area contributed by atoms with Crippen LogP contribution in [0.1, 0.15) is 90.9 Å². The van der Waals surface area contributed by atoms with Crippen molar-refractivity contribution in [2.75, 3.05) is 6.54 Å². The van der Waals surface area contributed by atoms with Gasteiger partial charge < -0.3 is 10.1 Å². The Morgan fingerprint density at radius 2 is 1.90 bits per heavy atom. The molecule has 1 aliphatic carbocycles. The molecule has 2 rings (SSSR count). The fourth-order valence-corrected chi connectivity index (χ4v) is 4.12. The highest BCUT2D eigenvalue weighted by Gasteiger charge is 2.41. The molecule has 2 nitrogen and oxygen atoms in total. The van der Waals surface area contributed by atoms with E-state index in [-0.39, 0.29) is 0 Å². The van der Waals surface area contributed by atoms with Gasteiger partial charge in [0.2, 0.25) is 0 Å². The van der Waals surface area contributed by atoms with Gasteiger partial charge in [0.15, 0.2) is 0 Å². The molecule has 20 heavy (non-hydrogen) atoms. The van der Waals surface area contributed by atoms with Gasteiger partial charge in [-0.15, -0.1) is 0 Å². The molecule has 1 saturated heterocycles. The molecule has 0 aromatic heterocycles. The molecule has 0 amide bonds. The second-order valence-electron chi connectivity index (χ2n) is 7.04. The Bertz CT molecular complexity index is 260. The Morgan fingerprint density at radius 1 is 1.10 bits per heavy atom. The van der Waals surface area contributed by atoms with E-state index in [0.717, 1.165) is 6.04 Å². The quantitative estimate of drug-likeness (QED) is 0.654. The Labute approximate surface area is 126 Å². The highest BCUT2D eigenvalue weighted by Crippen LogP contribution is 2.44. The van der Waals surface area contributed by atoms with Gasteiger partial charge in [0.05, 0.1) is 11.7 Å². The van der Waals surface area contributed by atoms with Crippen LogP contribution in [0, 0.1) is 0 Å². The number of nitrogens with one attached hydrogen (secondary N) is 1. The van der Waals surface area contributed by atoms with Gasteiger partial charge in [-0.05, 0) is 64.3 Å². The number of ether oxygens (including phenoxy) is 1. The minimum absolute atomic E-state index is 0.327. The zero-order valence-corrected chi connectivity index (χ0v) is 13.8. The lowest BCUT2D eigenvalue weighted by Crippen LogP contribution is -2.30. The van der Waals surface area contributed by atoms with Gasteiger partial charge in [-0.25, -0.2) is 0 Å². The molecule has 2 aliphatic rings. The summed E-state index contributed by atoms with van der Waals surface area (Å²) in [5.74, 6) is 0. The molecule has 2 fully saturated rings. The minimum atomic E-state index is 0.327. The lowest BCUT2D eigenvalue weighted by molar-refractivity contribution is -0.0396. The largest absolute Gasteiger partial charge is 0.372 e. The van der Waals surface area contributed by atoms with Crippen LogP contribution in [0.25, 0.3) is 0 Å². The Kier molecular flexibility index (Phi) is 6.83. The van der Waals surface area contributed by atoms with E-state index in [4.69, 9.17) is 4.74 Å². The maximum atomic E-state index is 6.41. The summed E-state index contributed by atoms with van der Waals surface area (Å²) in [6, 6.07) is 0.738. The predicted molar refractivity (Wildman–Crippen MR) is 86.1 cm³/mol. The van der Waals surface area contributed by atoms with Gasteiger partial charge in [-0.3, -0.25) is 0 Å². The van der Waals surface area contributed by atoms with Crippen LogP contribution >= 0.6 is 0 Å². The molecule has 118 valence electrons. The Morgan fingerprint density at radius 3 is 2.60 bits per heavy atom. The van der Waals surface area contributed by atoms with E-state index in [1.54, 1.807) is 0 Å². The second kappa shape index (κ2) is 8.38. The van der Waals surface area contributed by atoms with Crippen molar-refractivity contribution in [2.24, 2.45) is 0 Å². The van der Waals surface area contributed by atoms with Gasteiger partial charge in [-0.2, -0.15) is 0 Å². The fourth-order valence-electron chi connectivity index (χ4n) is 4.12. The first kappa shape index (κ1) is 16.3. The summed E-state index contributed by atoms with van der Waals surface area (Å²) < 4.78 is 6.41. The summed E-state index contributed by atoms with van der Waals surface area (Å²) in [5.41, 5.74) is 0.327. The third-order valence-corrected chi connectivity index (χ3v) is 5.25. The maximum Gasteiger partial charge on any atom is 0.0687 e. The molecular weight excluding hydrogens is 246 g/mol. The van der Waals surface area contributed by atoms with E-state index in [2.05, 4.69) is 19.2 Å². The summed E-state index contributed by atoms with van der Waals surface area (Å²) in [7, 11) is 0. The number of rotatable bonds is 9. The van der Waals surface area contributed by atoms with Crippen molar-refractivity contribution in [1.82, 2.24) is 5.32 Å². The predicted octanol–water partition coefficient (Wildman–Crippen LogP) is 4.82. The Balaban J connectivity index is 1.62. The SMILES string of the molecule is CCCNC(CCC)CCCC1CCC2(CCCC2)O1. The van der Waals surface area contributed by atoms with Crippen molar-refractivity contribution in [3.8, 4) is 0 Å². The van der Waals surface area contributed by atoms with E-state index < -0.39 is 0 Å². The summed E-state index contributed by atoms with van der Waals surface area (Å²) in [4.78, 5) is 0. The molecule has 0 radical (unpaired) electrons. The lowest BCUT2D eigenvalue weighted by Gasteiger charge is -2.24. The van der Waals surface area contributed by atoms with Crippen molar-refractivity contribution in [1.29, 1.82) is 0 Å². The summed E-state index contributed by atoms with van der Waals surface area (Å²) in [6.45, 7) is 5.72. The molecule has 0 aromatic carbocycles. The van der Waals surface area contributed by atoms with Crippen molar-refractivity contribution < 1.29 is 4.74 Å². The molecule has 2 atom stereocenters. The van der Waals surface area contributed by atoms with Gasteiger partial charge in [0.1, 0.15) is 0 Å². The van der Waals surface area contributed by atoms with E-state index in [1.165, 1.54) is 83.6 Å². The van der Waals surface area contributed by atoms with E-state index in [9.17, 15) is 0 Å². The zero-order chi connectivity index (χ0) is 14.3. The summed E-state index contributed by atoms with van der Waals surface area (Å²) in [6.07, 6.45) is 16.5. The molecule has 1 N–H and O–H groups in total. The van der Waals surface area contributed by atoms with Crippen LogP contribution in [0.4, 0.5) is 0 Å². The van der Waals surface area contributed by atoms with Crippen molar-refractivity contribution >= 4 is 0 Å². The molecule has 2 unspecified atom stereocenters. The van der Waals surface area contributed by atoms with Crippen LogP contribution in [0.3, 0.4) is 0 Å². The standard InChI is InChI=1S/C18H35NO/c1-3-8-16(19-15-4-2)9-7-10-17-11-14-18(20-17)12-5-6-13-18/h16-17,19H,3-15H2,1-2H3.